The van der Waals surface area contributed by atoms with Gasteiger partial charge in [-0.25, -0.2) is 8.42 Å². The van der Waals surface area contributed by atoms with E-state index in [1.807, 2.05) is 73.7 Å². The minimum absolute atomic E-state index is 0.124. The molecule has 0 bridgehead atoms. The summed E-state index contributed by atoms with van der Waals surface area (Å²) in [6.07, 6.45) is 2.30. The van der Waals surface area contributed by atoms with E-state index in [1.54, 1.807) is 16.4 Å². The molecule has 1 spiro atoms. The van der Waals surface area contributed by atoms with Crippen LogP contribution < -0.4 is 10.1 Å². The van der Waals surface area contributed by atoms with Crippen molar-refractivity contribution in [2.75, 3.05) is 38.1 Å². The quantitative estimate of drug-likeness (QED) is 0.344. The lowest BCUT2D eigenvalue weighted by Gasteiger charge is -2.50. The molecule has 0 unspecified atom stereocenters. The second-order valence-corrected chi connectivity index (χ2v) is 13.8. The van der Waals surface area contributed by atoms with Crippen LogP contribution in [0.3, 0.4) is 0 Å². The first-order valence-corrected chi connectivity index (χ1v) is 16.1. The van der Waals surface area contributed by atoms with Crippen molar-refractivity contribution in [3.05, 3.63) is 84.4 Å². The van der Waals surface area contributed by atoms with Crippen LogP contribution in [0.5, 0.6) is 11.5 Å². The average molecular weight is 592 g/mol. The lowest BCUT2D eigenvalue weighted by molar-refractivity contribution is -0.146. The molecule has 0 aliphatic carbocycles. The van der Waals surface area contributed by atoms with Gasteiger partial charge >= 0.3 is 0 Å². The number of benzene rings is 3. The number of carbonyl (C=O) groups excluding carboxylic acids is 1. The molecule has 1 amide bonds. The first kappa shape index (κ1) is 30.2. The zero-order chi connectivity index (χ0) is 29.7. The molecule has 0 radical (unpaired) electrons. The molecule has 1 N–H and O–H groups in total. The van der Waals surface area contributed by atoms with E-state index in [0.29, 0.717) is 35.4 Å². The van der Waals surface area contributed by atoms with E-state index in [0.717, 1.165) is 37.1 Å². The first-order chi connectivity index (χ1) is 20.1. The summed E-state index contributed by atoms with van der Waals surface area (Å²) in [5.41, 5.74) is 1.05. The highest BCUT2D eigenvalue weighted by Crippen LogP contribution is 2.35. The van der Waals surface area contributed by atoms with Crippen molar-refractivity contribution in [1.29, 1.82) is 0 Å². The van der Waals surface area contributed by atoms with Crippen molar-refractivity contribution in [3.63, 3.8) is 0 Å². The van der Waals surface area contributed by atoms with Crippen LogP contribution in [0.2, 0.25) is 0 Å². The maximum Gasteiger partial charge on any atom is 0.243 e. The van der Waals surface area contributed by atoms with Gasteiger partial charge in [-0.3, -0.25) is 9.69 Å². The van der Waals surface area contributed by atoms with Gasteiger partial charge in [0.1, 0.15) is 11.5 Å². The topological polar surface area (TPSA) is 88.2 Å². The standard InChI is InChI=1S/C33H41N3O5S/c1-25(2)20-28-22-40-33(24-36(28)42(38,39)31-16-10-26(3)11-17-31)18-7-19-35(23-33)21-32(37)34-27-12-14-30(15-13-27)41-29-8-5-4-6-9-29/h4-6,8-17,25,28H,7,18-24H2,1-3H3,(H,34,37)/t28-,33+/m0/s1. The highest BCUT2D eigenvalue weighted by Gasteiger charge is 2.47. The number of hydrogen-bond donors (Lipinski definition) is 1. The Kier molecular flexibility index (Phi) is 9.32. The number of piperidine rings is 1. The second kappa shape index (κ2) is 13.0. The van der Waals surface area contributed by atoms with Crippen LogP contribution in [0.15, 0.2) is 83.8 Å². The van der Waals surface area contributed by atoms with Crippen LogP contribution in [0.1, 0.15) is 38.7 Å². The number of carbonyl (C=O) groups is 1. The number of rotatable bonds is 9. The largest absolute Gasteiger partial charge is 0.457 e. The fourth-order valence-corrected chi connectivity index (χ4v) is 7.57. The Bertz CT molecular complexity index is 1450. The molecule has 2 aliphatic heterocycles. The molecular weight excluding hydrogens is 550 g/mol. The number of amides is 1. The summed E-state index contributed by atoms with van der Waals surface area (Å²) in [5, 5.41) is 2.98. The van der Waals surface area contributed by atoms with E-state index < -0.39 is 15.6 Å². The monoisotopic (exact) mass is 591 g/mol. The van der Waals surface area contributed by atoms with Crippen LogP contribution in [-0.2, 0) is 19.6 Å². The van der Waals surface area contributed by atoms with Crippen LogP contribution >= 0.6 is 0 Å². The third-order valence-electron chi connectivity index (χ3n) is 7.91. The van der Waals surface area contributed by atoms with Gasteiger partial charge in [-0.05, 0) is 87.2 Å². The molecule has 0 aromatic heterocycles. The Hall–Kier alpha value is -3.24. The Morgan fingerprint density at radius 2 is 1.69 bits per heavy atom. The van der Waals surface area contributed by atoms with Gasteiger partial charge in [-0.2, -0.15) is 4.31 Å². The predicted molar refractivity (Wildman–Crippen MR) is 164 cm³/mol. The Morgan fingerprint density at radius 3 is 2.38 bits per heavy atom. The fourth-order valence-electron chi connectivity index (χ4n) is 5.88. The molecule has 8 nitrogen and oxygen atoms in total. The van der Waals surface area contributed by atoms with Crippen LogP contribution in [0.25, 0.3) is 0 Å². The average Bonchev–Trinajstić information content (AvgIpc) is 2.96. The zero-order valence-electron chi connectivity index (χ0n) is 24.7. The van der Waals surface area contributed by atoms with Gasteiger partial charge in [0.15, 0.2) is 0 Å². The van der Waals surface area contributed by atoms with E-state index in [9.17, 15) is 13.2 Å². The molecule has 0 saturated carbocycles. The number of nitrogens with zero attached hydrogens (tertiary/aromatic N) is 2. The lowest BCUT2D eigenvalue weighted by atomic mass is 9.89. The molecule has 2 heterocycles. The van der Waals surface area contributed by atoms with Crippen LogP contribution in [-0.4, -0.2) is 68.0 Å². The maximum absolute atomic E-state index is 13.9. The third-order valence-corrected chi connectivity index (χ3v) is 9.82. The molecule has 42 heavy (non-hydrogen) atoms. The Morgan fingerprint density at radius 1 is 1.00 bits per heavy atom. The summed E-state index contributed by atoms with van der Waals surface area (Å²) in [5.74, 6) is 1.64. The van der Waals surface area contributed by atoms with E-state index in [4.69, 9.17) is 9.47 Å². The van der Waals surface area contributed by atoms with E-state index in [2.05, 4.69) is 24.1 Å². The number of sulfonamides is 1. The van der Waals surface area contributed by atoms with E-state index >= 15 is 0 Å². The molecular formula is C33H41N3O5S. The van der Waals surface area contributed by atoms with Gasteiger partial charge < -0.3 is 14.8 Å². The van der Waals surface area contributed by atoms with Gasteiger partial charge in [0.2, 0.25) is 15.9 Å². The second-order valence-electron chi connectivity index (χ2n) is 11.9. The highest BCUT2D eigenvalue weighted by atomic mass is 32.2. The smallest absolute Gasteiger partial charge is 0.243 e. The van der Waals surface area contributed by atoms with E-state index in [1.165, 1.54) is 0 Å². The maximum atomic E-state index is 13.9. The van der Waals surface area contributed by atoms with Gasteiger partial charge in [-0.1, -0.05) is 49.7 Å². The highest BCUT2D eigenvalue weighted by molar-refractivity contribution is 7.89. The molecule has 9 heteroatoms. The molecule has 2 atom stereocenters. The summed E-state index contributed by atoms with van der Waals surface area (Å²) in [6, 6.07) is 23.7. The summed E-state index contributed by atoms with van der Waals surface area (Å²) in [4.78, 5) is 15.4. The summed E-state index contributed by atoms with van der Waals surface area (Å²) >= 11 is 0. The van der Waals surface area contributed by atoms with E-state index in [-0.39, 0.29) is 25.0 Å². The number of para-hydroxylation sites is 1. The molecule has 5 rings (SSSR count). The summed E-state index contributed by atoms with van der Waals surface area (Å²) < 4.78 is 41.8. The van der Waals surface area contributed by atoms with Crippen molar-refractivity contribution >= 4 is 21.6 Å². The van der Waals surface area contributed by atoms with Crippen molar-refractivity contribution in [2.24, 2.45) is 5.92 Å². The molecule has 2 saturated heterocycles. The first-order valence-electron chi connectivity index (χ1n) is 14.7. The third kappa shape index (κ3) is 7.39. The Balaban J connectivity index is 1.23. The Labute approximate surface area is 249 Å². The van der Waals surface area contributed by atoms with Crippen LogP contribution in [0.4, 0.5) is 5.69 Å². The summed E-state index contributed by atoms with van der Waals surface area (Å²) in [6.45, 7) is 8.23. The van der Waals surface area contributed by atoms with Crippen molar-refractivity contribution in [1.82, 2.24) is 9.21 Å². The van der Waals surface area contributed by atoms with Crippen molar-refractivity contribution in [2.45, 2.75) is 56.6 Å². The number of morpholine rings is 1. The minimum atomic E-state index is -3.71. The fraction of sp³-hybridized carbons (Fsp3) is 0.424. The SMILES string of the molecule is Cc1ccc(S(=O)(=O)N2C[C@]3(CCCN(CC(=O)Nc4ccc(Oc5ccccc5)cc4)C3)OC[C@@H]2CC(C)C)cc1. The number of likely N-dealkylation sites (tertiary alicyclic amines) is 1. The molecule has 3 aromatic carbocycles. The zero-order valence-corrected chi connectivity index (χ0v) is 25.5. The predicted octanol–water partition coefficient (Wildman–Crippen LogP) is 5.70. The number of hydrogen-bond acceptors (Lipinski definition) is 6. The van der Waals surface area contributed by atoms with Gasteiger partial charge in [0, 0.05) is 24.8 Å². The number of ether oxygens (including phenoxy) is 2. The summed E-state index contributed by atoms with van der Waals surface area (Å²) in [7, 11) is -3.71. The van der Waals surface area contributed by atoms with Gasteiger partial charge in [0.05, 0.1) is 23.6 Å². The van der Waals surface area contributed by atoms with Gasteiger partial charge in [-0.15, -0.1) is 0 Å². The van der Waals surface area contributed by atoms with Crippen molar-refractivity contribution < 1.29 is 22.7 Å². The lowest BCUT2D eigenvalue weighted by Crippen LogP contribution is -2.64. The molecule has 224 valence electrons. The van der Waals surface area contributed by atoms with Crippen molar-refractivity contribution in [3.8, 4) is 11.5 Å². The number of aryl methyl sites for hydroxylation is 1. The van der Waals surface area contributed by atoms with Crippen LogP contribution in [0, 0.1) is 12.8 Å². The number of nitrogens with one attached hydrogen (secondary N) is 1. The molecule has 2 fully saturated rings. The molecule has 3 aromatic rings. The molecule has 2 aliphatic rings. The minimum Gasteiger partial charge on any atom is -0.457 e. The van der Waals surface area contributed by atoms with Gasteiger partial charge in [0.25, 0.3) is 0 Å². The number of anilines is 1. The normalized spacial score (nSPS) is 21.9.